The Balaban J connectivity index is 1.54. The van der Waals surface area contributed by atoms with Gasteiger partial charge in [0.05, 0.1) is 0 Å². The Morgan fingerprint density at radius 1 is 1.00 bits per heavy atom. The topological polar surface area (TPSA) is 74.8 Å². The van der Waals surface area contributed by atoms with Gasteiger partial charge in [-0.15, -0.1) is 0 Å². The molecule has 1 aromatic rings. The van der Waals surface area contributed by atoms with Crippen LogP contribution in [0.4, 0.5) is 0 Å². The van der Waals surface area contributed by atoms with Crippen molar-refractivity contribution >= 4 is 21.7 Å². The van der Waals surface area contributed by atoms with Gasteiger partial charge in [0.25, 0.3) is 0 Å². The van der Waals surface area contributed by atoms with Crippen LogP contribution >= 0.6 is 0 Å². The molecule has 2 saturated heterocycles. The summed E-state index contributed by atoms with van der Waals surface area (Å²) >= 11 is 0. The van der Waals surface area contributed by atoms with E-state index in [2.05, 4.69) is 6.92 Å². The molecule has 0 radical (unpaired) electrons. The molecule has 158 valence electrons. The summed E-state index contributed by atoms with van der Waals surface area (Å²) in [6, 6.07) is 9.51. The Morgan fingerprint density at radius 3 is 2.24 bits per heavy atom. The van der Waals surface area contributed by atoms with Crippen molar-refractivity contribution in [1.29, 1.82) is 0 Å². The number of piperidine rings is 1. The highest BCUT2D eigenvalue weighted by Gasteiger charge is 2.58. The van der Waals surface area contributed by atoms with Gasteiger partial charge in [-0.25, -0.2) is 8.42 Å². The van der Waals surface area contributed by atoms with E-state index in [1.54, 1.807) is 4.90 Å². The summed E-state index contributed by atoms with van der Waals surface area (Å²) in [5.41, 5.74) is 0.599. The number of hydrogen-bond donors (Lipinski definition) is 0. The summed E-state index contributed by atoms with van der Waals surface area (Å²) in [4.78, 5) is 28.0. The average Bonchev–Trinajstić information content (AvgIpc) is 2.89. The van der Waals surface area contributed by atoms with E-state index in [9.17, 15) is 18.0 Å². The van der Waals surface area contributed by atoms with E-state index in [0.29, 0.717) is 32.5 Å². The van der Waals surface area contributed by atoms with Crippen LogP contribution in [0.5, 0.6) is 0 Å². The molecule has 2 heterocycles. The zero-order chi connectivity index (χ0) is 20.7. The van der Waals surface area contributed by atoms with Gasteiger partial charge in [0, 0.05) is 37.9 Å². The number of benzene rings is 1. The lowest BCUT2D eigenvalue weighted by Crippen LogP contribution is -2.58. The van der Waals surface area contributed by atoms with Gasteiger partial charge in [0.15, 0.2) is 9.84 Å². The minimum absolute atomic E-state index is 0.156. The molecule has 0 aromatic heterocycles. The maximum absolute atomic E-state index is 13.2. The Morgan fingerprint density at radius 2 is 1.62 bits per heavy atom. The molecule has 3 fully saturated rings. The number of nitrogens with zero attached hydrogens (tertiary/aromatic N) is 2. The lowest BCUT2D eigenvalue weighted by atomic mass is 9.74. The molecule has 7 heteroatoms. The fourth-order valence-corrected chi connectivity index (χ4v) is 7.39. The molecule has 0 bridgehead atoms. The van der Waals surface area contributed by atoms with E-state index >= 15 is 0 Å². The van der Waals surface area contributed by atoms with Crippen LogP contribution in [0.3, 0.4) is 0 Å². The van der Waals surface area contributed by atoms with E-state index in [1.807, 2.05) is 35.2 Å². The Bertz CT molecular complexity index is 883. The third-order valence-corrected chi connectivity index (χ3v) is 9.59. The SMILES string of the molecule is CC1(C(=O)N2CCC3(CC2)N(Cc2ccccc2)C(=O)CS3(=O)=O)CCCCC1. The number of hydrogen-bond acceptors (Lipinski definition) is 4. The summed E-state index contributed by atoms with van der Waals surface area (Å²) in [6.07, 6.45) is 5.75. The van der Waals surface area contributed by atoms with Gasteiger partial charge in [-0.2, -0.15) is 0 Å². The van der Waals surface area contributed by atoms with Crippen molar-refractivity contribution in [3.05, 3.63) is 35.9 Å². The van der Waals surface area contributed by atoms with Crippen molar-refractivity contribution in [3.8, 4) is 0 Å². The van der Waals surface area contributed by atoms with Crippen molar-refractivity contribution < 1.29 is 18.0 Å². The molecular weight excluding hydrogens is 388 g/mol. The van der Waals surface area contributed by atoms with Gasteiger partial charge in [-0.05, 0) is 18.4 Å². The van der Waals surface area contributed by atoms with Crippen LogP contribution in [0, 0.1) is 5.41 Å². The van der Waals surface area contributed by atoms with Crippen molar-refractivity contribution in [2.75, 3.05) is 18.8 Å². The number of carbonyl (C=O) groups is 2. The maximum Gasteiger partial charge on any atom is 0.239 e. The largest absolute Gasteiger partial charge is 0.342 e. The Kier molecular flexibility index (Phi) is 5.21. The highest BCUT2D eigenvalue weighted by molar-refractivity contribution is 7.93. The van der Waals surface area contributed by atoms with Crippen LogP contribution in [-0.2, 0) is 26.0 Å². The monoisotopic (exact) mass is 418 g/mol. The molecular formula is C22H30N2O4S. The van der Waals surface area contributed by atoms with Gasteiger partial charge in [-0.3, -0.25) is 9.59 Å². The van der Waals surface area contributed by atoms with Gasteiger partial charge < -0.3 is 9.80 Å². The van der Waals surface area contributed by atoms with Crippen LogP contribution in [0.2, 0.25) is 0 Å². The summed E-state index contributed by atoms with van der Waals surface area (Å²) in [7, 11) is -3.58. The molecule has 3 aliphatic rings. The molecule has 1 spiro atoms. The fraction of sp³-hybridized carbons (Fsp3) is 0.636. The van der Waals surface area contributed by atoms with E-state index in [-0.39, 0.29) is 17.2 Å². The molecule has 1 aromatic carbocycles. The van der Waals surface area contributed by atoms with E-state index in [4.69, 9.17) is 0 Å². The van der Waals surface area contributed by atoms with Crippen molar-refractivity contribution in [1.82, 2.24) is 9.80 Å². The third-order valence-electron chi connectivity index (χ3n) is 7.17. The normalized spacial score (nSPS) is 25.3. The predicted octanol–water partition coefficient (Wildman–Crippen LogP) is 2.73. The van der Waals surface area contributed by atoms with Gasteiger partial charge in [-0.1, -0.05) is 56.5 Å². The second kappa shape index (κ2) is 7.42. The zero-order valence-corrected chi connectivity index (χ0v) is 17.9. The van der Waals surface area contributed by atoms with Crippen LogP contribution in [-0.4, -0.2) is 53.7 Å². The molecule has 1 aliphatic carbocycles. The number of carbonyl (C=O) groups excluding carboxylic acids is 2. The predicted molar refractivity (Wildman–Crippen MR) is 111 cm³/mol. The van der Waals surface area contributed by atoms with Crippen LogP contribution in [0.1, 0.15) is 57.4 Å². The minimum atomic E-state index is -3.58. The smallest absolute Gasteiger partial charge is 0.239 e. The standard InChI is InChI=1S/C22H30N2O4S/c1-21(10-6-3-7-11-21)20(26)23-14-12-22(13-15-23)24(19(25)17-29(22,27)28)16-18-8-4-2-5-9-18/h2,4-5,8-9H,3,6-7,10-17H2,1H3. The summed E-state index contributed by atoms with van der Waals surface area (Å²) in [5.74, 6) is -0.595. The van der Waals surface area contributed by atoms with Crippen LogP contribution in [0.15, 0.2) is 30.3 Å². The minimum Gasteiger partial charge on any atom is -0.342 e. The van der Waals surface area contributed by atoms with Gasteiger partial charge in [0.1, 0.15) is 10.6 Å². The average molecular weight is 419 g/mol. The molecule has 0 unspecified atom stereocenters. The molecule has 6 nitrogen and oxygen atoms in total. The molecule has 2 amide bonds. The molecule has 1 saturated carbocycles. The molecule has 2 aliphatic heterocycles. The van der Waals surface area contributed by atoms with Crippen LogP contribution in [0.25, 0.3) is 0 Å². The molecule has 0 N–H and O–H groups in total. The number of amides is 2. The van der Waals surface area contributed by atoms with E-state index in [0.717, 1.165) is 31.2 Å². The first-order chi connectivity index (χ1) is 13.8. The van der Waals surface area contributed by atoms with E-state index < -0.39 is 20.5 Å². The quantitative estimate of drug-likeness (QED) is 0.756. The summed E-state index contributed by atoms with van der Waals surface area (Å²) in [5, 5.41) is 0. The molecule has 4 rings (SSSR count). The Labute approximate surface area is 173 Å². The first-order valence-corrected chi connectivity index (χ1v) is 12.3. The van der Waals surface area contributed by atoms with Crippen LogP contribution < -0.4 is 0 Å². The third kappa shape index (κ3) is 3.47. The molecule has 0 atom stereocenters. The first-order valence-electron chi connectivity index (χ1n) is 10.6. The fourth-order valence-electron chi connectivity index (χ4n) is 5.34. The highest BCUT2D eigenvalue weighted by atomic mass is 32.2. The second-order valence-electron chi connectivity index (χ2n) is 9.08. The van der Waals surface area contributed by atoms with Crippen molar-refractivity contribution in [2.45, 2.75) is 63.3 Å². The number of likely N-dealkylation sites (tertiary alicyclic amines) is 1. The number of sulfone groups is 1. The second-order valence-corrected chi connectivity index (χ2v) is 11.4. The molecule has 29 heavy (non-hydrogen) atoms. The van der Waals surface area contributed by atoms with E-state index in [1.165, 1.54) is 6.42 Å². The lowest BCUT2D eigenvalue weighted by Gasteiger charge is -2.46. The zero-order valence-electron chi connectivity index (χ0n) is 17.1. The summed E-state index contributed by atoms with van der Waals surface area (Å²) < 4.78 is 26.0. The number of rotatable bonds is 3. The Hall–Kier alpha value is -1.89. The maximum atomic E-state index is 13.2. The van der Waals surface area contributed by atoms with Gasteiger partial charge in [0.2, 0.25) is 11.8 Å². The summed E-state index contributed by atoms with van der Waals surface area (Å²) in [6.45, 7) is 3.14. The first kappa shape index (κ1) is 20.4. The van der Waals surface area contributed by atoms with Crippen molar-refractivity contribution in [3.63, 3.8) is 0 Å². The lowest BCUT2D eigenvalue weighted by molar-refractivity contribution is -0.145. The van der Waals surface area contributed by atoms with Gasteiger partial charge >= 0.3 is 0 Å². The van der Waals surface area contributed by atoms with Crippen molar-refractivity contribution in [2.24, 2.45) is 5.41 Å². The highest BCUT2D eigenvalue weighted by Crippen LogP contribution is 2.43.